The summed E-state index contributed by atoms with van der Waals surface area (Å²) < 4.78 is 0. The van der Waals surface area contributed by atoms with E-state index in [1.807, 2.05) is 13.8 Å². The van der Waals surface area contributed by atoms with E-state index in [4.69, 9.17) is 5.73 Å². The van der Waals surface area contributed by atoms with Crippen LogP contribution in [0.4, 0.5) is 0 Å². The number of amides is 1. The minimum absolute atomic E-state index is 0.00167. The van der Waals surface area contributed by atoms with Crippen molar-refractivity contribution >= 4 is 5.91 Å². The first-order chi connectivity index (χ1) is 8.93. The van der Waals surface area contributed by atoms with Crippen molar-refractivity contribution in [1.82, 2.24) is 5.32 Å². The topological polar surface area (TPSA) is 55.1 Å². The first kappa shape index (κ1) is 15.7. The fourth-order valence-electron chi connectivity index (χ4n) is 2.00. The van der Waals surface area contributed by atoms with E-state index in [0.717, 1.165) is 12.0 Å². The predicted molar refractivity (Wildman–Crippen MR) is 79.8 cm³/mol. The fraction of sp³-hybridized carbons (Fsp3) is 0.562. The van der Waals surface area contributed by atoms with Gasteiger partial charge in [-0.2, -0.15) is 0 Å². The van der Waals surface area contributed by atoms with Crippen molar-refractivity contribution in [2.24, 2.45) is 11.7 Å². The highest BCUT2D eigenvalue weighted by atomic mass is 16.2. The van der Waals surface area contributed by atoms with Gasteiger partial charge in [-0.1, -0.05) is 45.0 Å². The minimum Gasteiger partial charge on any atom is -0.348 e. The summed E-state index contributed by atoms with van der Waals surface area (Å²) in [6, 6.07) is 8.02. The highest BCUT2D eigenvalue weighted by molar-refractivity contribution is 5.81. The van der Waals surface area contributed by atoms with Gasteiger partial charge < -0.3 is 11.1 Å². The van der Waals surface area contributed by atoms with E-state index in [1.165, 1.54) is 5.56 Å². The van der Waals surface area contributed by atoms with Gasteiger partial charge in [0.1, 0.15) is 0 Å². The molecule has 1 aromatic carbocycles. The third-order valence-electron chi connectivity index (χ3n) is 3.26. The molecule has 0 spiro atoms. The van der Waals surface area contributed by atoms with E-state index >= 15 is 0 Å². The van der Waals surface area contributed by atoms with Gasteiger partial charge in [-0.15, -0.1) is 0 Å². The Morgan fingerprint density at radius 1 is 1.21 bits per heavy atom. The largest absolute Gasteiger partial charge is 0.348 e. The predicted octanol–water partition coefficient (Wildman–Crippen LogP) is 2.80. The van der Waals surface area contributed by atoms with Gasteiger partial charge in [0.25, 0.3) is 0 Å². The lowest BCUT2D eigenvalue weighted by molar-refractivity contribution is -0.123. The SMILES string of the molecule is CC[C@H](N)C(=O)NC(C)c1ccc(CC(C)C)cc1. The Morgan fingerprint density at radius 2 is 1.79 bits per heavy atom. The first-order valence-electron chi connectivity index (χ1n) is 7.08. The lowest BCUT2D eigenvalue weighted by Crippen LogP contribution is -2.41. The summed E-state index contributed by atoms with van der Waals surface area (Å²) in [5.41, 5.74) is 8.16. The Bertz CT molecular complexity index is 398. The molecule has 0 heterocycles. The third-order valence-corrected chi connectivity index (χ3v) is 3.26. The van der Waals surface area contributed by atoms with Gasteiger partial charge >= 0.3 is 0 Å². The Morgan fingerprint density at radius 3 is 2.26 bits per heavy atom. The van der Waals surface area contributed by atoms with Crippen LogP contribution in [0.25, 0.3) is 0 Å². The highest BCUT2D eigenvalue weighted by Gasteiger charge is 2.14. The van der Waals surface area contributed by atoms with Gasteiger partial charge in [0.05, 0.1) is 12.1 Å². The van der Waals surface area contributed by atoms with Crippen molar-refractivity contribution in [3.8, 4) is 0 Å². The molecule has 0 saturated carbocycles. The summed E-state index contributed by atoms with van der Waals surface area (Å²) in [5, 5.41) is 2.94. The molecule has 3 nitrogen and oxygen atoms in total. The quantitative estimate of drug-likeness (QED) is 0.828. The van der Waals surface area contributed by atoms with Crippen molar-refractivity contribution < 1.29 is 4.79 Å². The number of rotatable bonds is 6. The molecule has 0 aliphatic rings. The van der Waals surface area contributed by atoms with Crippen LogP contribution in [-0.4, -0.2) is 11.9 Å². The molecule has 1 amide bonds. The summed E-state index contributed by atoms with van der Waals surface area (Å²) in [4.78, 5) is 11.7. The van der Waals surface area contributed by atoms with E-state index < -0.39 is 6.04 Å². The van der Waals surface area contributed by atoms with Gasteiger partial charge in [-0.25, -0.2) is 0 Å². The molecule has 0 bridgehead atoms. The smallest absolute Gasteiger partial charge is 0.237 e. The minimum atomic E-state index is -0.414. The molecule has 0 aliphatic carbocycles. The molecular weight excluding hydrogens is 236 g/mol. The Hall–Kier alpha value is -1.35. The molecule has 19 heavy (non-hydrogen) atoms. The molecule has 3 heteroatoms. The Balaban J connectivity index is 2.62. The molecule has 0 aliphatic heterocycles. The van der Waals surface area contributed by atoms with Crippen LogP contribution in [0.2, 0.25) is 0 Å². The van der Waals surface area contributed by atoms with E-state index in [9.17, 15) is 4.79 Å². The summed E-state index contributed by atoms with van der Waals surface area (Å²) in [5.74, 6) is 0.576. The molecule has 0 fully saturated rings. The summed E-state index contributed by atoms with van der Waals surface area (Å²) in [6.07, 6.45) is 1.74. The van der Waals surface area contributed by atoms with Crippen molar-refractivity contribution in [2.45, 2.75) is 52.6 Å². The second kappa shape index (κ2) is 7.29. The van der Waals surface area contributed by atoms with E-state index in [-0.39, 0.29) is 11.9 Å². The average molecular weight is 262 g/mol. The van der Waals surface area contributed by atoms with Crippen molar-refractivity contribution in [2.75, 3.05) is 0 Å². The summed E-state index contributed by atoms with van der Waals surface area (Å²) in [6.45, 7) is 8.32. The van der Waals surface area contributed by atoms with Crippen molar-refractivity contribution in [1.29, 1.82) is 0 Å². The number of carbonyl (C=O) groups excluding carboxylic acids is 1. The number of hydrogen-bond donors (Lipinski definition) is 2. The Kier molecular flexibility index (Phi) is 6.03. The maximum Gasteiger partial charge on any atom is 0.237 e. The summed E-state index contributed by atoms with van der Waals surface area (Å²) in [7, 11) is 0. The molecule has 106 valence electrons. The molecule has 0 radical (unpaired) electrons. The van der Waals surface area contributed by atoms with Crippen LogP contribution in [0.5, 0.6) is 0 Å². The van der Waals surface area contributed by atoms with E-state index in [2.05, 4.69) is 43.4 Å². The maximum absolute atomic E-state index is 11.7. The maximum atomic E-state index is 11.7. The average Bonchev–Trinajstić information content (AvgIpc) is 2.37. The van der Waals surface area contributed by atoms with Crippen molar-refractivity contribution in [3.63, 3.8) is 0 Å². The van der Waals surface area contributed by atoms with Crippen molar-refractivity contribution in [3.05, 3.63) is 35.4 Å². The van der Waals surface area contributed by atoms with Crippen LogP contribution in [0.1, 0.15) is 51.3 Å². The van der Waals surface area contributed by atoms with Crippen LogP contribution < -0.4 is 11.1 Å². The second-order valence-corrected chi connectivity index (χ2v) is 5.58. The zero-order chi connectivity index (χ0) is 14.4. The summed E-state index contributed by atoms with van der Waals surface area (Å²) >= 11 is 0. The zero-order valence-corrected chi connectivity index (χ0v) is 12.4. The lowest BCUT2D eigenvalue weighted by Gasteiger charge is -2.17. The van der Waals surface area contributed by atoms with Gasteiger partial charge in [-0.3, -0.25) is 4.79 Å². The highest BCUT2D eigenvalue weighted by Crippen LogP contribution is 2.15. The third kappa shape index (κ3) is 5.03. The number of benzene rings is 1. The first-order valence-corrected chi connectivity index (χ1v) is 7.08. The molecule has 1 rings (SSSR count). The van der Waals surface area contributed by atoms with E-state index in [0.29, 0.717) is 12.3 Å². The molecular formula is C16H26N2O. The molecule has 2 atom stereocenters. The number of carbonyl (C=O) groups is 1. The molecule has 1 unspecified atom stereocenters. The lowest BCUT2D eigenvalue weighted by atomic mass is 10.00. The molecule has 3 N–H and O–H groups in total. The normalized spacial score (nSPS) is 14.2. The molecule has 1 aromatic rings. The number of nitrogens with two attached hydrogens (primary N) is 1. The molecule has 0 aromatic heterocycles. The standard InChI is InChI=1S/C16H26N2O/c1-5-15(17)16(19)18-12(4)14-8-6-13(7-9-14)10-11(2)3/h6-9,11-12,15H,5,10,17H2,1-4H3,(H,18,19)/t12?,15-/m0/s1. The van der Waals surface area contributed by atoms with Crippen LogP contribution in [0, 0.1) is 5.92 Å². The van der Waals surface area contributed by atoms with Gasteiger partial charge in [0.2, 0.25) is 5.91 Å². The van der Waals surface area contributed by atoms with Gasteiger partial charge in [0.15, 0.2) is 0 Å². The Labute approximate surface area is 116 Å². The number of nitrogens with one attached hydrogen (secondary N) is 1. The fourth-order valence-corrected chi connectivity index (χ4v) is 2.00. The van der Waals surface area contributed by atoms with Gasteiger partial charge in [0, 0.05) is 0 Å². The monoisotopic (exact) mass is 262 g/mol. The van der Waals surface area contributed by atoms with Crippen LogP contribution in [0.15, 0.2) is 24.3 Å². The van der Waals surface area contributed by atoms with E-state index in [1.54, 1.807) is 0 Å². The number of hydrogen-bond acceptors (Lipinski definition) is 2. The van der Waals surface area contributed by atoms with Crippen LogP contribution in [0.3, 0.4) is 0 Å². The van der Waals surface area contributed by atoms with Crippen LogP contribution in [-0.2, 0) is 11.2 Å². The van der Waals surface area contributed by atoms with Crippen LogP contribution >= 0.6 is 0 Å². The second-order valence-electron chi connectivity index (χ2n) is 5.58. The zero-order valence-electron chi connectivity index (χ0n) is 12.4. The molecule has 0 saturated heterocycles. The van der Waals surface area contributed by atoms with Gasteiger partial charge in [-0.05, 0) is 36.8 Å².